The summed E-state index contributed by atoms with van der Waals surface area (Å²) in [5.74, 6) is 1.20. The number of rotatable bonds is 4. The summed E-state index contributed by atoms with van der Waals surface area (Å²) in [5, 5.41) is 6.76. The van der Waals surface area contributed by atoms with Gasteiger partial charge in [-0.1, -0.05) is 5.16 Å². The highest BCUT2D eigenvalue weighted by Crippen LogP contribution is 2.20. The van der Waals surface area contributed by atoms with Gasteiger partial charge in [-0.2, -0.15) is 0 Å². The van der Waals surface area contributed by atoms with Crippen LogP contribution in [0.3, 0.4) is 0 Å². The lowest BCUT2D eigenvalue weighted by atomic mass is 10.1. The van der Waals surface area contributed by atoms with Crippen LogP contribution in [0.4, 0.5) is 0 Å². The summed E-state index contributed by atoms with van der Waals surface area (Å²) in [6.07, 6.45) is 6.54. The largest absolute Gasteiger partial charge is 0.366 e. The smallest absolute Gasteiger partial charge is 0.153 e. The molecule has 0 bridgehead atoms. The Morgan fingerprint density at radius 3 is 2.86 bits per heavy atom. The second-order valence-electron chi connectivity index (χ2n) is 4.85. The summed E-state index contributed by atoms with van der Waals surface area (Å²) in [6.45, 7) is 4.71. The highest BCUT2D eigenvalue weighted by atomic mass is 32.2. The van der Waals surface area contributed by atoms with E-state index < -0.39 is 9.84 Å². The molecule has 0 saturated carbocycles. The maximum Gasteiger partial charge on any atom is 0.153 e. The van der Waals surface area contributed by atoms with Crippen LogP contribution in [0.5, 0.6) is 0 Å². The second-order valence-corrected chi connectivity index (χ2v) is 7.15. The highest BCUT2D eigenvalue weighted by molar-refractivity contribution is 7.91. The number of oxime groups is 1. The lowest BCUT2D eigenvalue weighted by molar-refractivity contribution is 0.268. The van der Waals surface area contributed by atoms with Crippen LogP contribution in [0.2, 0.25) is 0 Å². The van der Waals surface area contributed by atoms with Crippen molar-refractivity contribution in [2.24, 2.45) is 10.1 Å². The van der Waals surface area contributed by atoms with E-state index in [1.54, 1.807) is 19.5 Å². The molecular formula is C13H20N4O3S. The van der Waals surface area contributed by atoms with Crippen LogP contribution in [0, 0.1) is 0 Å². The van der Waals surface area contributed by atoms with Gasteiger partial charge in [0.15, 0.2) is 9.84 Å². The fraction of sp³-hybridized carbons (Fsp3) is 0.538. The number of aliphatic imine (C=N–C) groups is 1. The Bertz CT molecular complexity index is 579. The van der Waals surface area contributed by atoms with Gasteiger partial charge in [0.1, 0.15) is 12.1 Å². The third-order valence-corrected chi connectivity index (χ3v) is 5.01. The van der Waals surface area contributed by atoms with Crippen LogP contribution in [-0.2, 0) is 14.7 Å². The van der Waals surface area contributed by atoms with E-state index in [9.17, 15) is 8.42 Å². The van der Waals surface area contributed by atoms with E-state index in [1.165, 1.54) is 6.26 Å². The lowest BCUT2D eigenvalue weighted by Gasteiger charge is -2.32. The van der Waals surface area contributed by atoms with Crippen molar-refractivity contribution in [3.63, 3.8) is 0 Å². The Morgan fingerprint density at radius 1 is 1.48 bits per heavy atom. The Kier molecular flexibility index (Phi) is 5.00. The average Bonchev–Trinajstić information content (AvgIpc) is 2.46. The van der Waals surface area contributed by atoms with E-state index >= 15 is 0 Å². The van der Waals surface area contributed by atoms with Crippen molar-refractivity contribution in [2.75, 3.05) is 24.6 Å². The minimum absolute atomic E-state index is 0.0388. The number of hydrogen-bond acceptors (Lipinski definition) is 7. The molecular weight excluding hydrogens is 292 g/mol. The molecule has 2 aliphatic heterocycles. The topological polar surface area (TPSA) is 83.4 Å². The summed E-state index contributed by atoms with van der Waals surface area (Å²) < 4.78 is 23.0. The first-order chi connectivity index (χ1) is 10.0. The van der Waals surface area contributed by atoms with E-state index in [1.807, 2.05) is 17.9 Å². The maximum absolute atomic E-state index is 11.5. The summed E-state index contributed by atoms with van der Waals surface area (Å²) in [5.41, 5.74) is 1.03. The Labute approximate surface area is 125 Å². The molecule has 1 fully saturated rings. The van der Waals surface area contributed by atoms with Gasteiger partial charge < -0.3 is 15.1 Å². The molecule has 0 aromatic rings. The van der Waals surface area contributed by atoms with Gasteiger partial charge >= 0.3 is 0 Å². The Hall–Kier alpha value is -1.83. The first kappa shape index (κ1) is 15.6. The third-order valence-electron chi connectivity index (χ3n) is 3.40. The third kappa shape index (κ3) is 4.07. The van der Waals surface area contributed by atoms with Crippen LogP contribution in [0.1, 0.15) is 13.8 Å². The molecule has 1 saturated heterocycles. The van der Waals surface area contributed by atoms with Crippen molar-refractivity contribution in [3.8, 4) is 0 Å². The monoisotopic (exact) mass is 312 g/mol. The van der Waals surface area contributed by atoms with Gasteiger partial charge in [0.2, 0.25) is 0 Å². The zero-order chi connectivity index (χ0) is 15.3. The fourth-order valence-electron chi connectivity index (χ4n) is 2.21. The molecule has 2 rings (SSSR count). The second kappa shape index (κ2) is 6.75. The first-order valence-electron chi connectivity index (χ1n) is 6.79. The minimum atomic E-state index is -2.89. The average molecular weight is 312 g/mol. The highest BCUT2D eigenvalue weighted by Gasteiger charge is 2.26. The molecule has 0 aromatic heterocycles. The molecule has 0 amide bonds. The Morgan fingerprint density at radius 2 is 2.19 bits per heavy atom. The van der Waals surface area contributed by atoms with Crippen molar-refractivity contribution < 1.29 is 13.3 Å². The molecule has 1 atom stereocenters. The number of sulfone groups is 1. The zero-order valence-corrected chi connectivity index (χ0v) is 13.0. The molecule has 7 nitrogen and oxygen atoms in total. The SMILES string of the molecule is C/C=N/O/C=C/C1NC=NC(N2CCS(=O)(=O)CC2)=C1C. The molecule has 1 N–H and O–H groups in total. The molecule has 8 heteroatoms. The molecule has 2 heterocycles. The molecule has 116 valence electrons. The quantitative estimate of drug-likeness (QED) is 0.464. The first-order valence-corrected chi connectivity index (χ1v) is 8.61. The maximum atomic E-state index is 11.5. The standard InChI is InChI=1S/C13H20N4O3S/c1-3-16-20-7-4-12-11(2)13(15-10-14-12)17-5-8-21(18,19)9-6-17/h3-4,7,10,12H,5-6,8-9H2,1-2H3,(H,14,15)/b7-4+,16-3+. The molecule has 0 aliphatic carbocycles. The molecule has 0 radical (unpaired) electrons. The van der Waals surface area contributed by atoms with Crippen molar-refractivity contribution in [1.29, 1.82) is 0 Å². The Balaban J connectivity index is 2.07. The van der Waals surface area contributed by atoms with Crippen molar-refractivity contribution >= 4 is 22.4 Å². The lowest BCUT2D eigenvalue weighted by Crippen LogP contribution is -2.42. The minimum Gasteiger partial charge on any atom is -0.366 e. The summed E-state index contributed by atoms with van der Waals surface area (Å²) >= 11 is 0. The van der Waals surface area contributed by atoms with Crippen molar-refractivity contribution in [2.45, 2.75) is 19.9 Å². The van der Waals surface area contributed by atoms with E-state index in [4.69, 9.17) is 4.84 Å². The molecule has 0 spiro atoms. The zero-order valence-electron chi connectivity index (χ0n) is 12.2. The summed E-state index contributed by atoms with van der Waals surface area (Å²) in [4.78, 5) is 11.3. The van der Waals surface area contributed by atoms with E-state index in [2.05, 4.69) is 15.5 Å². The fourth-order valence-corrected chi connectivity index (χ4v) is 3.41. The molecule has 21 heavy (non-hydrogen) atoms. The molecule has 0 aromatic carbocycles. The van der Waals surface area contributed by atoms with Gasteiger partial charge in [-0.3, -0.25) is 0 Å². The van der Waals surface area contributed by atoms with Gasteiger partial charge in [0, 0.05) is 19.3 Å². The number of nitrogens with one attached hydrogen (secondary N) is 1. The van der Waals surface area contributed by atoms with Crippen molar-refractivity contribution in [1.82, 2.24) is 10.2 Å². The summed E-state index contributed by atoms with van der Waals surface area (Å²) in [7, 11) is -2.89. The predicted octanol–water partition coefficient (Wildman–Crippen LogP) is 0.484. The van der Waals surface area contributed by atoms with E-state index in [0.717, 1.165) is 11.4 Å². The van der Waals surface area contributed by atoms with E-state index in [-0.39, 0.29) is 17.5 Å². The molecule has 1 unspecified atom stereocenters. The van der Waals surface area contributed by atoms with Crippen LogP contribution in [-0.4, -0.2) is 56.5 Å². The van der Waals surface area contributed by atoms with Gasteiger partial charge in [-0.15, -0.1) is 0 Å². The van der Waals surface area contributed by atoms with Crippen LogP contribution < -0.4 is 5.32 Å². The van der Waals surface area contributed by atoms with Crippen LogP contribution in [0.15, 0.2) is 33.9 Å². The number of nitrogens with zero attached hydrogens (tertiary/aromatic N) is 3. The van der Waals surface area contributed by atoms with Gasteiger partial charge in [-0.05, 0) is 25.5 Å². The normalized spacial score (nSPS) is 25.6. The van der Waals surface area contributed by atoms with Crippen LogP contribution >= 0.6 is 0 Å². The predicted molar refractivity (Wildman–Crippen MR) is 82.7 cm³/mol. The summed E-state index contributed by atoms with van der Waals surface area (Å²) in [6, 6.07) is -0.0388. The molecule has 2 aliphatic rings. The van der Waals surface area contributed by atoms with Gasteiger partial charge in [-0.25, -0.2) is 13.4 Å². The van der Waals surface area contributed by atoms with Gasteiger partial charge in [0.05, 0.1) is 23.9 Å². The van der Waals surface area contributed by atoms with E-state index in [0.29, 0.717) is 13.1 Å². The number of hydrogen-bond donors (Lipinski definition) is 1. The van der Waals surface area contributed by atoms with Gasteiger partial charge in [0.25, 0.3) is 0 Å². The van der Waals surface area contributed by atoms with Crippen molar-refractivity contribution in [3.05, 3.63) is 23.7 Å². The van der Waals surface area contributed by atoms with Crippen LogP contribution in [0.25, 0.3) is 0 Å².